The van der Waals surface area contributed by atoms with Crippen LogP contribution >= 0.6 is 11.8 Å². The van der Waals surface area contributed by atoms with Gasteiger partial charge in [0.05, 0.1) is 11.3 Å². The van der Waals surface area contributed by atoms with Crippen molar-refractivity contribution in [2.24, 2.45) is 0 Å². The van der Waals surface area contributed by atoms with Gasteiger partial charge in [0.25, 0.3) is 0 Å². The van der Waals surface area contributed by atoms with Gasteiger partial charge >= 0.3 is 12.0 Å². The molecule has 114 valence electrons. The molecule has 1 aliphatic rings. The largest absolute Gasteiger partial charge is 0.478 e. The zero-order valence-corrected chi connectivity index (χ0v) is 13.0. The van der Waals surface area contributed by atoms with E-state index in [4.69, 9.17) is 0 Å². The highest BCUT2D eigenvalue weighted by molar-refractivity contribution is 8.00. The number of aryl methyl sites for hydroxylation is 1. The molecule has 3 N–H and O–H groups in total. The van der Waals surface area contributed by atoms with E-state index in [0.29, 0.717) is 12.2 Å². The van der Waals surface area contributed by atoms with E-state index >= 15 is 0 Å². The Morgan fingerprint density at radius 3 is 2.62 bits per heavy atom. The van der Waals surface area contributed by atoms with Crippen LogP contribution in [-0.2, 0) is 0 Å². The zero-order valence-electron chi connectivity index (χ0n) is 12.2. The van der Waals surface area contributed by atoms with Gasteiger partial charge < -0.3 is 15.7 Å². The summed E-state index contributed by atoms with van der Waals surface area (Å²) in [7, 11) is 0. The maximum atomic E-state index is 12.0. The number of hydrogen-bond donors (Lipinski definition) is 3. The topological polar surface area (TPSA) is 78.4 Å². The number of thioether (sulfide) groups is 1. The molecular formula is C15H20N2O3S. The molecule has 0 saturated heterocycles. The Balaban J connectivity index is 2.01. The Morgan fingerprint density at radius 1 is 1.38 bits per heavy atom. The van der Waals surface area contributed by atoms with E-state index in [2.05, 4.69) is 16.9 Å². The monoisotopic (exact) mass is 308 g/mol. The lowest BCUT2D eigenvalue weighted by Gasteiger charge is -2.40. The standard InChI is InChI=1S/C15H20N2O3S/c1-10-5-3-6-11(13(18)19)12(10)17-14(20)16-9-15(21-2)7-4-8-15/h3,5-6H,4,7-9H2,1-2H3,(H,18,19)(H2,16,17,20). The van der Waals surface area contributed by atoms with Crippen molar-refractivity contribution in [3.63, 3.8) is 0 Å². The lowest BCUT2D eigenvalue weighted by atomic mass is 9.84. The molecule has 1 saturated carbocycles. The molecule has 2 rings (SSSR count). The van der Waals surface area contributed by atoms with Gasteiger partial charge in [-0.1, -0.05) is 18.6 Å². The van der Waals surface area contributed by atoms with Crippen molar-refractivity contribution in [1.82, 2.24) is 5.32 Å². The minimum atomic E-state index is -1.05. The number of carboxylic acids is 1. The molecule has 1 aromatic rings. The molecule has 21 heavy (non-hydrogen) atoms. The van der Waals surface area contributed by atoms with E-state index in [1.165, 1.54) is 12.5 Å². The van der Waals surface area contributed by atoms with Crippen molar-refractivity contribution in [1.29, 1.82) is 0 Å². The second kappa shape index (κ2) is 6.39. The molecule has 5 nitrogen and oxygen atoms in total. The number of nitrogens with one attached hydrogen (secondary N) is 2. The molecule has 1 aromatic carbocycles. The number of carbonyl (C=O) groups excluding carboxylic acids is 1. The van der Waals surface area contributed by atoms with Crippen molar-refractivity contribution < 1.29 is 14.7 Å². The first-order valence-corrected chi connectivity index (χ1v) is 8.13. The van der Waals surface area contributed by atoms with E-state index < -0.39 is 5.97 Å². The van der Waals surface area contributed by atoms with Crippen LogP contribution in [-0.4, -0.2) is 34.7 Å². The predicted octanol–water partition coefficient (Wildman–Crippen LogP) is 3.10. The molecule has 0 spiro atoms. The molecule has 6 heteroatoms. The summed E-state index contributed by atoms with van der Waals surface area (Å²) in [5.74, 6) is -1.05. The molecule has 0 radical (unpaired) electrons. The third-order valence-corrected chi connectivity index (χ3v) is 5.43. The summed E-state index contributed by atoms with van der Waals surface area (Å²) in [4.78, 5) is 23.2. The summed E-state index contributed by atoms with van der Waals surface area (Å²) in [6, 6.07) is 4.57. The van der Waals surface area contributed by atoms with Crippen LogP contribution in [0.4, 0.5) is 10.5 Å². The van der Waals surface area contributed by atoms with Gasteiger partial charge in [-0.2, -0.15) is 11.8 Å². The highest BCUT2D eigenvalue weighted by Gasteiger charge is 2.36. The first kappa shape index (κ1) is 15.7. The first-order chi connectivity index (χ1) is 9.97. The number of hydrogen-bond acceptors (Lipinski definition) is 3. The summed E-state index contributed by atoms with van der Waals surface area (Å²) in [6.07, 6.45) is 5.48. The maximum Gasteiger partial charge on any atom is 0.337 e. The third kappa shape index (κ3) is 3.50. The Morgan fingerprint density at radius 2 is 2.10 bits per heavy atom. The van der Waals surface area contributed by atoms with Crippen LogP contribution in [0.5, 0.6) is 0 Å². The van der Waals surface area contributed by atoms with Gasteiger partial charge in [0.1, 0.15) is 0 Å². The average molecular weight is 308 g/mol. The number of urea groups is 1. The number of rotatable bonds is 5. The van der Waals surface area contributed by atoms with Crippen LogP contribution in [0.25, 0.3) is 0 Å². The highest BCUT2D eigenvalue weighted by atomic mass is 32.2. The zero-order chi connectivity index (χ0) is 15.5. The van der Waals surface area contributed by atoms with Crippen LogP contribution in [0.3, 0.4) is 0 Å². The van der Waals surface area contributed by atoms with E-state index in [9.17, 15) is 14.7 Å². The summed E-state index contributed by atoms with van der Waals surface area (Å²) in [5, 5.41) is 14.7. The number of carboxylic acid groups (broad SMARTS) is 1. The fourth-order valence-electron chi connectivity index (χ4n) is 2.44. The number of benzene rings is 1. The summed E-state index contributed by atoms with van der Waals surface area (Å²) < 4.78 is 0.151. The second-order valence-electron chi connectivity index (χ2n) is 5.35. The Labute approximate surface area is 128 Å². The summed E-state index contributed by atoms with van der Waals surface area (Å²) in [6.45, 7) is 2.38. The number of aromatic carboxylic acids is 1. The molecule has 0 unspecified atom stereocenters. The van der Waals surface area contributed by atoms with Crippen molar-refractivity contribution in [3.05, 3.63) is 29.3 Å². The van der Waals surface area contributed by atoms with Gasteiger partial charge in [-0.3, -0.25) is 0 Å². The minimum absolute atomic E-state index is 0.105. The molecule has 0 atom stereocenters. The van der Waals surface area contributed by atoms with Gasteiger partial charge in [-0.05, 0) is 37.7 Å². The SMILES string of the molecule is CSC1(CNC(=O)Nc2c(C)cccc2C(=O)O)CCC1. The predicted molar refractivity (Wildman–Crippen MR) is 85.3 cm³/mol. The highest BCUT2D eigenvalue weighted by Crippen LogP contribution is 2.42. The van der Waals surface area contributed by atoms with E-state index in [-0.39, 0.29) is 16.3 Å². The van der Waals surface area contributed by atoms with Crippen LogP contribution < -0.4 is 10.6 Å². The van der Waals surface area contributed by atoms with Gasteiger partial charge in [0, 0.05) is 11.3 Å². The molecule has 0 heterocycles. The van der Waals surface area contributed by atoms with E-state index in [1.807, 2.05) is 0 Å². The molecule has 0 aromatic heterocycles. The lowest BCUT2D eigenvalue weighted by molar-refractivity contribution is 0.0698. The van der Waals surface area contributed by atoms with Crippen molar-refractivity contribution in [2.45, 2.75) is 30.9 Å². The van der Waals surface area contributed by atoms with Crippen molar-refractivity contribution in [2.75, 3.05) is 18.1 Å². The van der Waals surface area contributed by atoms with Crippen LogP contribution in [0.1, 0.15) is 35.2 Å². The Bertz CT molecular complexity index is 550. The van der Waals surface area contributed by atoms with Gasteiger partial charge in [0.15, 0.2) is 0 Å². The van der Waals surface area contributed by atoms with E-state index in [1.54, 1.807) is 30.8 Å². The summed E-state index contributed by atoms with van der Waals surface area (Å²) >= 11 is 1.78. The van der Waals surface area contributed by atoms with Gasteiger partial charge in [-0.15, -0.1) is 0 Å². The van der Waals surface area contributed by atoms with Crippen LogP contribution in [0.15, 0.2) is 18.2 Å². The fourth-order valence-corrected chi connectivity index (χ4v) is 3.35. The second-order valence-corrected chi connectivity index (χ2v) is 6.63. The number of carbonyl (C=O) groups is 2. The van der Waals surface area contributed by atoms with Gasteiger partial charge in [-0.25, -0.2) is 9.59 Å². The van der Waals surface area contributed by atoms with Crippen LogP contribution in [0.2, 0.25) is 0 Å². The van der Waals surface area contributed by atoms with Gasteiger partial charge in [0.2, 0.25) is 0 Å². The number of para-hydroxylation sites is 1. The smallest absolute Gasteiger partial charge is 0.337 e. The number of anilines is 1. The van der Waals surface area contributed by atoms with Crippen molar-refractivity contribution in [3.8, 4) is 0 Å². The minimum Gasteiger partial charge on any atom is -0.478 e. The normalized spacial score (nSPS) is 15.9. The Kier molecular flexibility index (Phi) is 4.77. The van der Waals surface area contributed by atoms with Crippen molar-refractivity contribution >= 4 is 29.4 Å². The average Bonchev–Trinajstić information content (AvgIpc) is 2.40. The molecular weight excluding hydrogens is 288 g/mol. The first-order valence-electron chi connectivity index (χ1n) is 6.90. The molecule has 2 amide bonds. The molecule has 1 fully saturated rings. The van der Waals surface area contributed by atoms with E-state index in [0.717, 1.165) is 18.4 Å². The maximum absolute atomic E-state index is 12.0. The molecule has 0 aliphatic heterocycles. The van der Waals surface area contributed by atoms with Crippen LogP contribution in [0, 0.1) is 6.92 Å². The number of amides is 2. The fraction of sp³-hybridized carbons (Fsp3) is 0.467. The molecule has 0 bridgehead atoms. The summed E-state index contributed by atoms with van der Waals surface area (Å²) in [5.41, 5.74) is 1.19. The third-order valence-electron chi connectivity index (χ3n) is 4.01. The quantitative estimate of drug-likeness (QED) is 0.781. The Hall–Kier alpha value is -1.69. The molecule has 1 aliphatic carbocycles. The lowest BCUT2D eigenvalue weighted by Crippen LogP contribution is -2.46.